The molecule has 136 valence electrons. The number of hydrogen-bond acceptors (Lipinski definition) is 1. The van der Waals surface area contributed by atoms with Gasteiger partial charge in [-0.25, -0.2) is 0 Å². The van der Waals surface area contributed by atoms with E-state index in [9.17, 15) is 5.11 Å². The van der Waals surface area contributed by atoms with Gasteiger partial charge in [-0.15, -0.1) is 0 Å². The van der Waals surface area contributed by atoms with Gasteiger partial charge in [-0.2, -0.15) is 0 Å². The van der Waals surface area contributed by atoms with E-state index in [1.165, 1.54) is 55.4 Å². The summed E-state index contributed by atoms with van der Waals surface area (Å²) in [5.41, 5.74) is 0.214. The molecule has 0 aliphatic rings. The van der Waals surface area contributed by atoms with Crippen LogP contribution in [-0.2, 0) is 0 Å². The van der Waals surface area contributed by atoms with E-state index in [1.54, 1.807) is 0 Å². The van der Waals surface area contributed by atoms with Gasteiger partial charge in [0.15, 0.2) is 0 Å². The van der Waals surface area contributed by atoms with Crippen LogP contribution in [0.15, 0.2) is 21.8 Å². The van der Waals surface area contributed by atoms with Crippen LogP contribution in [0.4, 0.5) is 0 Å². The number of unbranched alkanes of at least 4 members (excludes halogenated alkanes) is 3. The van der Waals surface area contributed by atoms with Crippen molar-refractivity contribution < 1.29 is 5.11 Å². The van der Waals surface area contributed by atoms with Crippen molar-refractivity contribution in [2.24, 2.45) is 5.41 Å². The topological polar surface area (TPSA) is 20.2 Å². The van der Waals surface area contributed by atoms with Gasteiger partial charge in [0.05, 0.1) is 0 Å². The molecule has 23 heavy (non-hydrogen) atoms. The van der Waals surface area contributed by atoms with Gasteiger partial charge >= 0.3 is 151 Å². The van der Waals surface area contributed by atoms with E-state index in [4.69, 9.17) is 0 Å². The molecule has 1 N–H and O–H groups in total. The molecule has 0 bridgehead atoms. The van der Waals surface area contributed by atoms with Gasteiger partial charge in [0, 0.05) is 0 Å². The predicted molar refractivity (Wildman–Crippen MR) is 109 cm³/mol. The van der Waals surface area contributed by atoms with Crippen molar-refractivity contribution in [2.45, 2.75) is 93.4 Å². The predicted octanol–water partition coefficient (Wildman–Crippen LogP) is 6.90. The molecule has 0 unspecified atom stereocenters. The monoisotopic (exact) mass is 430 g/mol. The van der Waals surface area contributed by atoms with Crippen molar-refractivity contribution in [3.63, 3.8) is 0 Å². The van der Waals surface area contributed by atoms with E-state index in [2.05, 4.69) is 59.8 Å². The Morgan fingerprint density at radius 1 is 0.870 bits per heavy atom. The van der Waals surface area contributed by atoms with Crippen molar-refractivity contribution >= 4 is 18.4 Å². The number of aliphatic hydroxyl groups excluding tert-OH is 1. The average molecular weight is 429 g/mol. The summed E-state index contributed by atoms with van der Waals surface area (Å²) in [4.78, 5) is 0. The van der Waals surface area contributed by atoms with E-state index in [-0.39, 0.29) is 5.41 Å². The summed E-state index contributed by atoms with van der Waals surface area (Å²) in [6.45, 7) is 13.9. The SMILES string of the molecule is CCC[CH2][Sn]([CH2]CCC)([CH2]CCC)/[C](=C/C=C/C(C)(C)C)CO. The van der Waals surface area contributed by atoms with Crippen LogP contribution in [0.3, 0.4) is 0 Å². The molecule has 0 radical (unpaired) electrons. The summed E-state index contributed by atoms with van der Waals surface area (Å²) < 4.78 is 5.76. The molecule has 0 aromatic heterocycles. The second kappa shape index (κ2) is 12.6. The van der Waals surface area contributed by atoms with Gasteiger partial charge in [-0.3, -0.25) is 0 Å². The maximum absolute atomic E-state index is 10.1. The first-order valence-electron chi connectivity index (χ1n) is 9.85. The fraction of sp³-hybridized carbons (Fsp3) is 0.810. The second-order valence-electron chi connectivity index (χ2n) is 8.17. The number of aliphatic hydroxyl groups is 1. The Hall–Kier alpha value is 0.239. The number of hydrogen-bond donors (Lipinski definition) is 1. The summed E-state index contributed by atoms with van der Waals surface area (Å²) in [5, 5.41) is 10.1. The van der Waals surface area contributed by atoms with Crippen LogP contribution in [0.2, 0.25) is 13.3 Å². The zero-order chi connectivity index (χ0) is 17.8. The van der Waals surface area contributed by atoms with Crippen molar-refractivity contribution in [2.75, 3.05) is 6.61 Å². The molecule has 0 aliphatic heterocycles. The third-order valence-electron chi connectivity index (χ3n) is 4.77. The molecule has 0 aromatic carbocycles. The zero-order valence-corrected chi connectivity index (χ0v) is 19.6. The van der Waals surface area contributed by atoms with Crippen molar-refractivity contribution in [3.8, 4) is 0 Å². The van der Waals surface area contributed by atoms with E-state index in [0.29, 0.717) is 6.61 Å². The molecule has 0 heterocycles. The van der Waals surface area contributed by atoms with E-state index in [0.717, 1.165) is 0 Å². The first-order valence-corrected chi connectivity index (χ1v) is 17.3. The van der Waals surface area contributed by atoms with Crippen LogP contribution in [0.5, 0.6) is 0 Å². The molecule has 0 atom stereocenters. The summed E-state index contributed by atoms with van der Waals surface area (Å²) in [6, 6.07) is 0. The maximum atomic E-state index is 10.1. The summed E-state index contributed by atoms with van der Waals surface area (Å²) in [6.07, 6.45) is 14.7. The molecule has 0 fully saturated rings. The molecule has 0 saturated heterocycles. The van der Waals surface area contributed by atoms with E-state index >= 15 is 0 Å². The van der Waals surface area contributed by atoms with Crippen LogP contribution in [-0.4, -0.2) is 30.1 Å². The fourth-order valence-corrected chi connectivity index (χ4v) is 19.2. The second-order valence-corrected chi connectivity index (χ2v) is 21.6. The molecule has 0 aromatic rings. The van der Waals surface area contributed by atoms with Gasteiger partial charge < -0.3 is 0 Å². The first kappa shape index (κ1) is 23.2. The van der Waals surface area contributed by atoms with Crippen LogP contribution < -0.4 is 0 Å². The minimum atomic E-state index is -2.41. The molecule has 0 rings (SSSR count). The standard InChI is InChI=1S/C9H15O.3C4H9.Sn/c1-9(2,3)7-5-4-6-8-10;3*1-3-4-2;/h4-5,7,10H,8H2,1-3H3;3*1,3-4H2,2H3;/b6-4?,7-5+;;;;. The van der Waals surface area contributed by atoms with Gasteiger partial charge in [0.25, 0.3) is 0 Å². The Kier molecular flexibility index (Phi) is 12.7. The third-order valence-corrected chi connectivity index (χ3v) is 20.8. The van der Waals surface area contributed by atoms with Crippen molar-refractivity contribution in [1.29, 1.82) is 0 Å². The van der Waals surface area contributed by atoms with Gasteiger partial charge in [-0.1, -0.05) is 0 Å². The van der Waals surface area contributed by atoms with E-state index < -0.39 is 18.4 Å². The van der Waals surface area contributed by atoms with Crippen molar-refractivity contribution in [1.82, 2.24) is 0 Å². The fourth-order valence-electron chi connectivity index (χ4n) is 3.25. The summed E-state index contributed by atoms with van der Waals surface area (Å²) in [7, 11) is 0. The van der Waals surface area contributed by atoms with Gasteiger partial charge in [0.1, 0.15) is 0 Å². The minimum absolute atomic E-state index is 0.214. The molecule has 0 saturated carbocycles. The normalized spacial score (nSPS) is 14.0. The molecule has 2 heteroatoms. The quantitative estimate of drug-likeness (QED) is 0.264. The Labute approximate surface area is 150 Å². The summed E-state index contributed by atoms with van der Waals surface area (Å²) >= 11 is -2.41. The Morgan fingerprint density at radius 3 is 1.61 bits per heavy atom. The van der Waals surface area contributed by atoms with Crippen LogP contribution in [0.25, 0.3) is 0 Å². The Morgan fingerprint density at radius 2 is 1.30 bits per heavy atom. The number of rotatable bonds is 12. The Bertz CT molecular complexity index is 328. The van der Waals surface area contributed by atoms with Crippen molar-refractivity contribution in [3.05, 3.63) is 21.8 Å². The Balaban J connectivity index is 5.49. The zero-order valence-electron chi connectivity index (χ0n) is 16.8. The van der Waals surface area contributed by atoms with Crippen LogP contribution in [0.1, 0.15) is 80.1 Å². The molecule has 0 aliphatic carbocycles. The molecular formula is C21H42OSn. The first-order chi connectivity index (χ1) is 10.8. The molecule has 0 spiro atoms. The average Bonchev–Trinajstić information content (AvgIpc) is 2.50. The van der Waals surface area contributed by atoms with Gasteiger partial charge in [-0.05, 0) is 0 Å². The van der Waals surface area contributed by atoms with Crippen LogP contribution >= 0.6 is 0 Å². The third kappa shape index (κ3) is 9.96. The molecule has 0 amide bonds. The van der Waals surface area contributed by atoms with Gasteiger partial charge in [0.2, 0.25) is 0 Å². The molecular weight excluding hydrogens is 387 g/mol. The summed E-state index contributed by atoms with van der Waals surface area (Å²) in [5.74, 6) is 0. The van der Waals surface area contributed by atoms with E-state index in [1.807, 2.05) is 0 Å². The molecule has 1 nitrogen and oxygen atoms in total. The van der Waals surface area contributed by atoms with Crippen LogP contribution in [0, 0.1) is 5.41 Å². The number of allylic oxidation sites excluding steroid dienone is 3.